The van der Waals surface area contributed by atoms with Gasteiger partial charge in [-0.1, -0.05) is 18.2 Å². The molecule has 0 atom stereocenters. The molecule has 0 amide bonds. The van der Waals surface area contributed by atoms with E-state index in [0.717, 1.165) is 30.4 Å². The molecule has 2 aromatic rings. The van der Waals surface area contributed by atoms with Crippen molar-refractivity contribution in [3.63, 3.8) is 0 Å². The first-order valence-electron chi connectivity index (χ1n) is 9.40. The molecule has 1 aliphatic rings. The van der Waals surface area contributed by atoms with Crippen LogP contribution < -0.4 is 10.6 Å². The molecule has 0 saturated carbocycles. The van der Waals surface area contributed by atoms with E-state index in [9.17, 15) is 8.42 Å². The summed E-state index contributed by atoms with van der Waals surface area (Å²) in [6, 6.07) is 8.66. The Bertz CT molecular complexity index is 888. The summed E-state index contributed by atoms with van der Waals surface area (Å²) < 4.78 is 27.0. The maximum absolute atomic E-state index is 12.7. The van der Waals surface area contributed by atoms with Crippen LogP contribution in [0.5, 0.6) is 0 Å². The number of piperidine rings is 1. The van der Waals surface area contributed by atoms with Crippen LogP contribution in [0.2, 0.25) is 0 Å². The number of guanidine groups is 1. The summed E-state index contributed by atoms with van der Waals surface area (Å²) in [6.07, 6.45) is 3.54. The number of thiazole rings is 1. The monoisotopic (exact) mass is 421 g/mol. The van der Waals surface area contributed by atoms with Gasteiger partial charge in [0.15, 0.2) is 5.96 Å². The minimum absolute atomic E-state index is 0.369. The van der Waals surface area contributed by atoms with Gasteiger partial charge < -0.3 is 10.6 Å². The molecule has 1 aliphatic heterocycles. The van der Waals surface area contributed by atoms with E-state index in [2.05, 4.69) is 20.6 Å². The van der Waals surface area contributed by atoms with Crippen molar-refractivity contribution >= 4 is 27.3 Å². The Kier molecular flexibility index (Phi) is 7.03. The highest BCUT2D eigenvalue weighted by molar-refractivity contribution is 7.89. The largest absolute Gasteiger partial charge is 0.356 e. The maximum atomic E-state index is 12.7. The van der Waals surface area contributed by atoms with E-state index >= 15 is 0 Å². The molecule has 7 nitrogen and oxygen atoms in total. The van der Waals surface area contributed by atoms with Crippen LogP contribution in [-0.4, -0.2) is 50.3 Å². The van der Waals surface area contributed by atoms with Crippen molar-refractivity contribution in [3.8, 4) is 0 Å². The van der Waals surface area contributed by atoms with Gasteiger partial charge in [-0.05, 0) is 37.8 Å². The maximum Gasteiger partial charge on any atom is 0.243 e. The number of aryl methyl sites for hydroxylation is 1. The Morgan fingerprint density at radius 1 is 1.25 bits per heavy atom. The molecular weight excluding hydrogens is 394 g/mol. The smallest absolute Gasteiger partial charge is 0.243 e. The van der Waals surface area contributed by atoms with E-state index in [1.807, 2.05) is 19.2 Å². The Labute approximate surface area is 171 Å². The lowest BCUT2D eigenvalue weighted by Crippen LogP contribution is -2.44. The molecule has 2 N–H and O–H groups in total. The van der Waals surface area contributed by atoms with E-state index in [1.165, 1.54) is 4.88 Å². The van der Waals surface area contributed by atoms with Crippen molar-refractivity contribution in [2.45, 2.75) is 31.2 Å². The predicted molar refractivity (Wildman–Crippen MR) is 113 cm³/mol. The summed E-state index contributed by atoms with van der Waals surface area (Å²) in [7, 11) is -1.64. The van der Waals surface area contributed by atoms with Crippen molar-refractivity contribution in [1.82, 2.24) is 19.9 Å². The quantitative estimate of drug-likeness (QED) is 0.552. The zero-order chi connectivity index (χ0) is 20.0. The third-order valence-corrected chi connectivity index (χ3v) is 7.64. The van der Waals surface area contributed by atoms with E-state index < -0.39 is 10.0 Å². The lowest BCUT2D eigenvalue weighted by atomic mass is 9.98. The van der Waals surface area contributed by atoms with Crippen LogP contribution in [0.1, 0.15) is 22.7 Å². The molecule has 0 radical (unpaired) electrons. The predicted octanol–water partition coefficient (Wildman–Crippen LogP) is 2.22. The van der Waals surface area contributed by atoms with E-state index in [4.69, 9.17) is 0 Å². The number of hydrogen-bond acceptors (Lipinski definition) is 5. The summed E-state index contributed by atoms with van der Waals surface area (Å²) in [6.45, 7) is 4.56. The minimum Gasteiger partial charge on any atom is -0.356 e. The van der Waals surface area contributed by atoms with Gasteiger partial charge >= 0.3 is 0 Å². The van der Waals surface area contributed by atoms with Crippen molar-refractivity contribution in [3.05, 3.63) is 46.4 Å². The van der Waals surface area contributed by atoms with Crippen LogP contribution in [0.15, 0.2) is 46.4 Å². The normalized spacial score (nSPS) is 16.9. The van der Waals surface area contributed by atoms with E-state index in [0.29, 0.717) is 30.4 Å². The van der Waals surface area contributed by atoms with Gasteiger partial charge in [0.1, 0.15) is 5.01 Å². The molecule has 2 heterocycles. The standard InChI is InChI=1S/C19H27N5O2S2/c1-15-12-21-18(27-15)14-23-19(20-2)22-13-16-8-10-24(11-9-16)28(25,26)17-6-4-3-5-7-17/h3-7,12,16H,8-11,13-14H2,1-2H3,(H2,20,22,23). The number of benzene rings is 1. The highest BCUT2D eigenvalue weighted by Crippen LogP contribution is 2.23. The van der Waals surface area contributed by atoms with E-state index in [1.54, 1.807) is 47.0 Å². The first kappa shape index (κ1) is 20.8. The number of sulfonamides is 1. The highest BCUT2D eigenvalue weighted by Gasteiger charge is 2.29. The summed E-state index contributed by atoms with van der Waals surface area (Å²) in [5.74, 6) is 1.16. The van der Waals surface area contributed by atoms with Crippen LogP contribution in [0, 0.1) is 12.8 Å². The van der Waals surface area contributed by atoms with Gasteiger partial charge in [-0.3, -0.25) is 4.99 Å². The summed E-state index contributed by atoms with van der Waals surface area (Å²) in [5.41, 5.74) is 0. The average molecular weight is 422 g/mol. The molecule has 1 aromatic heterocycles. The molecule has 0 aliphatic carbocycles. The van der Waals surface area contributed by atoms with Gasteiger partial charge in [-0.15, -0.1) is 11.3 Å². The molecular formula is C19H27N5O2S2. The number of nitrogens with one attached hydrogen (secondary N) is 2. The molecule has 9 heteroatoms. The van der Waals surface area contributed by atoms with Gasteiger partial charge in [-0.2, -0.15) is 4.31 Å². The summed E-state index contributed by atoms with van der Waals surface area (Å²) >= 11 is 1.67. The molecule has 1 fully saturated rings. The van der Waals surface area contributed by atoms with Crippen molar-refractivity contribution in [2.75, 3.05) is 26.7 Å². The third kappa shape index (κ3) is 5.30. The van der Waals surface area contributed by atoms with Gasteiger partial charge in [0.25, 0.3) is 0 Å². The van der Waals surface area contributed by atoms with Gasteiger partial charge in [0.2, 0.25) is 10.0 Å². The zero-order valence-corrected chi connectivity index (χ0v) is 17.9. The van der Waals surface area contributed by atoms with Crippen LogP contribution in [0.4, 0.5) is 0 Å². The molecule has 3 rings (SSSR count). The van der Waals surface area contributed by atoms with Crippen molar-refractivity contribution in [2.24, 2.45) is 10.9 Å². The molecule has 152 valence electrons. The molecule has 1 aromatic carbocycles. The molecule has 0 bridgehead atoms. The fraction of sp³-hybridized carbons (Fsp3) is 0.474. The second-order valence-corrected chi connectivity index (χ2v) is 10.1. The number of nitrogens with zero attached hydrogens (tertiary/aromatic N) is 3. The number of aliphatic imine (C=N–C) groups is 1. The fourth-order valence-corrected chi connectivity index (χ4v) is 5.42. The Hall–Kier alpha value is -1.97. The molecule has 0 spiro atoms. The lowest BCUT2D eigenvalue weighted by Gasteiger charge is -2.31. The van der Waals surface area contributed by atoms with Crippen molar-refractivity contribution in [1.29, 1.82) is 0 Å². The lowest BCUT2D eigenvalue weighted by molar-refractivity contribution is 0.273. The Morgan fingerprint density at radius 2 is 1.96 bits per heavy atom. The molecule has 28 heavy (non-hydrogen) atoms. The number of aromatic nitrogens is 1. The minimum atomic E-state index is -3.39. The Balaban J connectivity index is 1.45. The topological polar surface area (TPSA) is 86.7 Å². The first-order chi connectivity index (χ1) is 13.5. The van der Waals surface area contributed by atoms with Crippen LogP contribution >= 0.6 is 11.3 Å². The van der Waals surface area contributed by atoms with Crippen LogP contribution in [0.3, 0.4) is 0 Å². The third-order valence-electron chi connectivity index (χ3n) is 4.81. The number of hydrogen-bond donors (Lipinski definition) is 2. The number of rotatable bonds is 6. The van der Waals surface area contributed by atoms with Gasteiger partial charge in [-0.25, -0.2) is 13.4 Å². The van der Waals surface area contributed by atoms with Crippen LogP contribution in [-0.2, 0) is 16.6 Å². The Morgan fingerprint density at radius 3 is 2.57 bits per heavy atom. The zero-order valence-electron chi connectivity index (χ0n) is 16.3. The second kappa shape index (κ2) is 9.49. The fourth-order valence-electron chi connectivity index (χ4n) is 3.20. The van der Waals surface area contributed by atoms with E-state index in [-0.39, 0.29) is 0 Å². The van der Waals surface area contributed by atoms with Crippen LogP contribution in [0.25, 0.3) is 0 Å². The SMILES string of the molecule is CN=C(NCc1ncc(C)s1)NCC1CCN(S(=O)(=O)c2ccccc2)CC1. The highest BCUT2D eigenvalue weighted by atomic mass is 32.2. The van der Waals surface area contributed by atoms with Gasteiger partial charge in [0, 0.05) is 37.8 Å². The molecule has 0 unspecified atom stereocenters. The van der Waals surface area contributed by atoms with Crippen molar-refractivity contribution < 1.29 is 8.42 Å². The summed E-state index contributed by atoms with van der Waals surface area (Å²) in [4.78, 5) is 10.2. The second-order valence-electron chi connectivity index (χ2n) is 6.83. The average Bonchev–Trinajstić information content (AvgIpc) is 3.14. The first-order valence-corrected chi connectivity index (χ1v) is 11.7. The molecule has 1 saturated heterocycles. The van der Waals surface area contributed by atoms with Gasteiger partial charge in [0.05, 0.1) is 11.4 Å². The summed E-state index contributed by atoms with van der Waals surface area (Å²) in [5, 5.41) is 7.65.